The molecule has 0 amide bonds. The summed E-state index contributed by atoms with van der Waals surface area (Å²) in [5.41, 5.74) is 14.3. The smallest absolute Gasteiger partial charge is 0.151 e. The maximum absolute atomic E-state index is 8.63. The van der Waals surface area contributed by atoms with Crippen molar-refractivity contribution in [2.75, 3.05) is 23.7 Å². The Hall–Kier alpha value is -2.94. The molecule has 1 fully saturated rings. The van der Waals surface area contributed by atoms with Crippen LogP contribution in [0.4, 0.5) is 11.5 Å². The average molecular weight is 486 g/mol. The van der Waals surface area contributed by atoms with Crippen molar-refractivity contribution in [2.45, 2.75) is 31.9 Å². The molecule has 3 aromatic rings. The zero-order valence-electron chi connectivity index (χ0n) is 18.3. The van der Waals surface area contributed by atoms with Crippen molar-refractivity contribution >= 4 is 40.4 Å². The third-order valence-electron chi connectivity index (χ3n) is 5.85. The number of hydrogen-bond acceptors (Lipinski definition) is 8. The van der Waals surface area contributed by atoms with E-state index in [1.54, 1.807) is 24.3 Å². The number of hydrogen-bond donors (Lipinski definition) is 3. The summed E-state index contributed by atoms with van der Waals surface area (Å²) in [6.07, 6.45) is 3.51. The first-order chi connectivity index (χ1) is 15.7. The lowest BCUT2D eigenvalue weighted by atomic mass is 9.88. The van der Waals surface area contributed by atoms with Crippen LogP contribution >= 0.6 is 23.2 Å². The van der Waals surface area contributed by atoms with Gasteiger partial charge in [-0.05, 0) is 43.7 Å². The molecule has 0 aliphatic carbocycles. The van der Waals surface area contributed by atoms with Crippen LogP contribution in [0.25, 0.3) is 0 Å². The molecule has 5 N–H and O–H groups in total. The number of benzene rings is 1. The van der Waals surface area contributed by atoms with Gasteiger partial charge in [-0.25, -0.2) is 0 Å². The summed E-state index contributed by atoms with van der Waals surface area (Å²) in [4.78, 5) is 6.04. The van der Waals surface area contributed by atoms with E-state index in [4.69, 9.17) is 44.8 Å². The molecule has 0 radical (unpaired) electrons. The van der Waals surface area contributed by atoms with Crippen LogP contribution in [0, 0.1) is 5.41 Å². The molecule has 0 spiro atoms. The minimum Gasteiger partial charge on any atom is -0.486 e. The van der Waals surface area contributed by atoms with Crippen LogP contribution in [0.2, 0.25) is 10.0 Å². The number of rotatable bonds is 7. The van der Waals surface area contributed by atoms with E-state index in [9.17, 15) is 0 Å². The highest BCUT2D eigenvalue weighted by atomic mass is 35.5. The molecule has 0 bridgehead atoms. The quantitative estimate of drug-likeness (QED) is 0.337. The minimum absolute atomic E-state index is 0.148. The number of aromatic nitrogens is 3. The average Bonchev–Trinajstić information content (AvgIpc) is 2.78. The number of nitrogen functional groups attached to an aromatic ring is 1. The first-order valence-electron chi connectivity index (χ1n) is 10.5. The van der Waals surface area contributed by atoms with Crippen molar-refractivity contribution in [2.24, 2.45) is 5.73 Å². The van der Waals surface area contributed by atoms with E-state index >= 15 is 0 Å². The molecular formula is C23H25Cl2N7O. The lowest BCUT2D eigenvalue weighted by molar-refractivity contribution is 0.227. The number of nitrogens with zero attached hydrogens (tertiary/aromatic N) is 4. The lowest BCUT2D eigenvalue weighted by Crippen LogP contribution is -2.67. The van der Waals surface area contributed by atoms with Gasteiger partial charge < -0.3 is 21.1 Å². The van der Waals surface area contributed by atoms with E-state index in [1.165, 1.54) is 12.4 Å². The maximum atomic E-state index is 8.63. The van der Waals surface area contributed by atoms with Crippen LogP contribution in [0.3, 0.4) is 0 Å². The molecule has 33 heavy (non-hydrogen) atoms. The number of pyridine rings is 1. The lowest BCUT2D eigenvalue weighted by Gasteiger charge is -2.47. The Morgan fingerprint density at radius 1 is 1.18 bits per heavy atom. The van der Waals surface area contributed by atoms with Gasteiger partial charge >= 0.3 is 0 Å². The summed E-state index contributed by atoms with van der Waals surface area (Å²) in [5, 5.41) is 18.0. The van der Waals surface area contributed by atoms with Crippen LogP contribution in [-0.4, -0.2) is 39.5 Å². The van der Waals surface area contributed by atoms with Crippen molar-refractivity contribution in [1.82, 2.24) is 15.2 Å². The molecule has 0 unspecified atom stereocenters. The van der Waals surface area contributed by atoms with Gasteiger partial charge in [0.25, 0.3) is 0 Å². The highest BCUT2D eigenvalue weighted by Crippen LogP contribution is 2.33. The van der Waals surface area contributed by atoms with Gasteiger partial charge in [-0.2, -0.15) is 0 Å². The molecule has 2 aromatic heterocycles. The second kappa shape index (κ2) is 9.13. The Balaban J connectivity index is 1.51. The maximum Gasteiger partial charge on any atom is 0.151 e. The topological polar surface area (TPSA) is 127 Å². The number of nitrogens with one attached hydrogen (secondary N) is 1. The molecule has 1 aromatic carbocycles. The third kappa shape index (κ3) is 4.73. The molecule has 10 heteroatoms. The van der Waals surface area contributed by atoms with E-state index in [0.29, 0.717) is 38.3 Å². The van der Waals surface area contributed by atoms with Crippen LogP contribution in [0.5, 0.6) is 5.75 Å². The van der Waals surface area contributed by atoms with E-state index in [0.717, 1.165) is 25.3 Å². The Morgan fingerprint density at radius 2 is 1.88 bits per heavy atom. The number of ether oxygens (including phenoxy) is 1. The monoisotopic (exact) mass is 485 g/mol. The van der Waals surface area contributed by atoms with Gasteiger partial charge in [0, 0.05) is 42.3 Å². The number of nitrogens with two attached hydrogens (primary N) is 2. The Kier molecular flexibility index (Phi) is 6.43. The van der Waals surface area contributed by atoms with Crippen molar-refractivity contribution in [1.29, 1.82) is 5.41 Å². The fraction of sp³-hybridized carbons (Fsp3) is 0.304. The van der Waals surface area contributed by atoms with Crippen molar-refractivity contribution in [3.05, 3.63) is 69.6 Å². The zero-order chi connectivity index (χ0) is 23.8. The van der Waals surface area contributed by atoms with Gasteiger partial charge in [0.2, 0.25) is 0 Å². The van der Waals surface area contributed by atoms with Gasteiger partial charge in [-0.1, -0.05) is 30.1 Å². The fourth-order valence-electron chi connectivity index (χ4n) is 3.76. The Morgan fingerprint density at radius 3 is 2.48 bits per heavy atom. The minimum atomic E-state index is -0.438. The first kappa shape index (κ1) is 23.2. The Labute approximate surface area is 202 Å². The van der Waals surface area contributed by atoms with Crippen LogP contribution in [0.15, 0.2) is 42.7 Å². The molecule has 1 atom stereocenters. The zero-order valence-corrected chi connectivity index (χ0v) is 19.9. The largest absolute Gasteiger partial charge is 0.486 e. The molecule has 1 aliphatic heterocycles. The van der Waals surface area contributed by atoms with Gasteiger partial charge in [0.1, 0.15) is 17.5 Å². The Bertz CT molecular complexity index is 1160. The van der Waals surface area contributed by atoms with Crippen molar-refractivity contribution < 1.29 is 4.74 Å². The van der Waals surface area contributed by atoms with E-state index in [-0.39, 0.29) is 11.3 Å². The third-order valence-corrected chi connectivity index (χ3v) is 6.45. The van der Waals surface area contributed by atoms with Crippen molar-refractivity contribution in [3.63, 3.8) is 0 Å². The van der Waals surface area contributed by atoms with Gasteiger partial charge in [0.15, 0.2) is 5.82 Å². The summed E-state index contributed by atoms with van der Waals surface area (Å²) in [5.74, 6) is 1.26. The molecule has 4 rings (SSSR count). The molecule has 0 saturated carbocycles. The molecule has 1 saturated heterocycles. The summed E-state index contributed by atoms with van der Waals surface area (Å²) < 4.78 is 6.04. The van der Waals surface area contributed by atoms with Crippen LogP contribution < -0.4 is 21.1 Å². The fourth-order valence-corrected chi connectivity index (χ4v) is 4.43. The van der Waals surface area contributed by atoms with E-state index in [2.05, 4.69) is 27.0 Å². The second-order valence-corrected chi connectivity index (χ2v) is 9.06. The highest BCUT2D eigenvalue weighted by molar-refractivity contribution is 6.35. The highest BCUT2D eigenvalue weighted by Gasteiger charge is 2.38. The molecule has 3 heterocycles. The molecule has 172 valence electrons. The first-order valence-corrected chi connectivity index (χ1v) is 11.3. The summed E-state index contributed by atoms with van der Waals surface area (Å²) >= 11 is 12.5. The van der Waals surface area contributed by atoms with Gasteiger partial charge in [0.05, 0.1) is 21.3 Å². The standard InChI is InChI=1S/C23H25Cl2N7O/c1-3-23(28)11-32(12-23)20-7-6-19(30-31-20)22(27)15-8-14(4-5-18(15)26)33-13(2)21-16(24)9-29-10-17(21)25/h4-10,13,27H,3,11-12,26,28H2,1-2H3/t13-/m1/s1. The molecule has 1 aliphatic rings. The van der Waals surface area contributed by atoms with Crippen molar-refractivity contribution in [3.8, 4) is 5.75 Å². The van der Waals surface area contributed by atoms with E-state index in [1.807, 2.05) is 13.0 Å². The van der Waals surface area contributed by atoms with Crippen LogP contribution in [0.1, 0.15) is 43.2 Å². The molecular weight excluding hydrogens is 461 g/mol. The van der Waals surface area contributed by atoms with E-state index < -0.39 is 6.10 Å². The predicted molar refractivity (Wildman–Crippen MR) is 132 cm³/mol. The van der Waals surface area contributed by atoms with Gasteiger partial charge in [-0.3, -0.25) is 10.4 Å². The predicted octanol–water partition coefficient (Wildman–Crippen LogP) is 4.24. The summed E-state index contributed by atoms with van der Waals surface area (Å²) in [6, 6.07) is 8.73. The second-order valence-electron chi connectivity index (χ2n) is 8.25. The number of anilines is 2. The van der Waals surface area contributed by atoms with Gasteiger partial charge in [-0.15, -0.1) is 10.2 Å². The number of halogens is 2. The summed E-state index contributed by atoms with van der Waals surface area (Å²) in [7, 11) is 0. The SMILES string of the molecule is CCC1(N)CN(c2ccc(C(=N)c3cc(O[C@H](C)c4c(Cl)cncc4Cl)ccc3N)nn2)C1. The normalized spacial score (nSPS) is 15.6. The molecule has 8 nitrogen and oxygen atoms in total. The summed E-state index contributed by atoms with van der Waals surface area (Å²) in [6.45, 7) is 5.40. The van der Waals surface area contributed by atoms with Crippen LogP contribution in [-0.2, 0) is 0 Å².